The molecule has 0 bridgehead atoms. The fraction of sp³-hybridized carbons (Fsp3) is 0.222. The predicted molar refractivity (Wildman–Crippen MR) is 97.4 cm³/mol. The van der Waals surface area contributed by atoms with Crippen LogP contribution in [0.4, 0.5) is 29.3 Å². The number of nitrogens with one attached hydrogen (secondary N) is 1. The predicted octanol–water partition coefficient (Wildman–Crippen LogP) is 4.93. The average Bonchev–Trinajstić information content (AvgIpc) is 2.59. The van der Waals surface area contributed by atoms with Crippen molar-refractivity contribution >= 4 is 30.0 Å². The van der Waals surface area contributed by atoms with Crippen LogP contribution in [0.25, 0.3) is 0 Å². The highest BCUT2D eigenvalue weighted by atomic mass is 32.1. The van der Waals surface area contributed by atoms with Gasteiger partial charge in [-0.2, -0.15) is 31.1 Å². The third kappa shape index (κ3) is 5.17. The van der Waals surface area contributed by atoms with Gasteiger partial charge < -0.3 is 5.32 Å². The molecule has 0 heterocycles. The van der Waals surface area contributed by atoms with E-state index in [2.05, 4.69) is 17.9 Å². The lowest BCUT2D eigenvalue weighted by atomic mass is 10.1. The summed E-state index contributed by atoms with van der Waals surface area (Å²) in [7, 11) is 0. The second kappa shape index (κ2) is 8.15. The molecule has 0 spiro atoms. The zero-order valence-corrected chi connectivity index (χ0v) is 14.7. The molecule has 0 aromatic heterocycles. The second-order valence-corrected chi connectivity index (χ2v) is 6.51. The summed E-state index contributed by atoms with van der Waals surface area (Å²) >= 11 is 4.24. The molecule has 1 unspecified atom stereocenters. The maximum atomic E-state index is 13.0. The molecule has 0 saturated carbocycles. The van der Waals surface area contributed by atoms with Crippen molar-refractivity contribution in [3.8, 4) is 6.07 Å². The number of amides is 2. The maximum Gasteiger partial charge on any atom is 0.416 e. The summed E-state index contributed by atoms with van der Waals surface area (Å²) in [6.07, 6.45) is -4.50. The quantitative estimate of drug-likeness (QED) is 0.740. The number of carbonyl (C=O) groups is 1. The van der Waals surface area contributed by atoms with Gasteiger partial charge in [0.15, 0.2) is 0 Å². The van der Waals surface area contributed by atoms with Crippen LogP contribution in [0.5, 0.6) is 0 Å². The van der Waals surface area contributed by atoms with E-state index in [1.807, 2.05) is 6.07 Å². The van der Waals surface area contributed by atoms with Crippen LogP contribution in [-0.4, -0.2) is 17.8 Å². The summed E-state index contributed by atoms with van der Waals surface area (Å²) in [6, 6.07) is 12.1. The van der Waals surface area contributed by atoms with Crippen LogP contribution in [0.3, 0.4) is 0 Å². The van der Waals surface area contributed by atoms with Gasteiger partial charge >= 0.3 is 12.2 Å². The number of anilines is 2. The zero-order chi connectivity index (χ0) is 19.3. The lowest BCUT2D eigenvalue weighted by molar-refractivity contribution is -0.137. The minimum atomic E-state index is -4.50. The van der Waals surface area contributed by atoms with Crippen molar-refractivity contribution in [2.75, 3.05) is 16.8 Å². The Morgan fingerprint density at radius 3 is 2.46 bits per heavy atom. The van der Waals surface area contributed by atoms with Crippen molar-refractivity contribution in [3.63, 3.8) is 0 Å². The van der Waals surface area contributed by atoms with E-state index in [0.717, 1.165) is 12.1 Å². The van der Waals surface area contributed by atoms with Crippen molar-refractivity contribution in [3.05, 3.63) is 59.7 Å². The monoisotopic (exact) mass is 379 g/mol. The first kappa shape index (κ1) is 19.7. The van der Waals surface area contributed by atoms with E-state index in [0.29, 0.717) is 11.3 Å². The van der Waals surface area contributed by atoms with E-state index in [1.54, 1.807) is 19.1 Å². The van der Waals surface area contributed by atoms with Crippen LogP contribution < -0.4 is 10.2 Å². The normalized spacial score (nSPS) is 12.2. The van der Waals surface area contributed by atoms with Crippen molar-refractivity contribution in [1.29, 1.82) is 5.26 Å². The van der Waals surface area contributed by atoms with Gasteiger partial charge in [0.1, 0.15) is 0 Å². The molecule has 1 N–H and O–H groups in total. The zero-order valence-electron chi connectivity index (χ0n) is 13.8. The topological polar surface area (TPSA) is 56.1 Å². The number of halogens is 3. The summed E-state index contributed by atoms with van der Waals surface area (Å²) in [5, 5.41) is 11.2. The first-order chi connectivity index (χ1) is 12.2. The summed E-state index contributed by atoms with van der Waals surface area (Å²) in [5.74, 6) is 0. The molecule has 136 valence electrons. The van der Waals surface area contributed by atoms with E-state index < -0.39 is 17.8 Å². The fourth-order valence-electron chi connectivity index (χ4n) is 2.24. The van der Waals surface area contributed by atoms with Gasteiger partial charge in [0.25, 0.3) is 0 Å². The Bertz CT molecular complexity index is 814. The standard InChI is InChI=1S/C18H16F3N3OS/c1-12(26)11-24(16-4-2-3-14(9-16)18(19,20)21)17(25)23-15-7-5-13(10-22)6-8-15/h2-9,12,26H,11H2,1H3,(H,23,25). The highest BCUT2D eigenvalue weighted by Gasteiger charge is 2.31. The molecule has 0 aliphatic carbocycles. The molecule has 2 amide bonds. The number of urea groups is 1. The molecule has 0 aliphatic heterocycles. The Morgan fingerprint density at radius 1 is 1.27 bits per heavy atom. The number of thiol groups is 1. The number of hydrogen-bond acceptors (Lipinski definition) is 3. The Morgan fingerprint density at radius 2 is 1.92 bits per heavy atom. The van der Waals surface area contributed by atoms with Gasteiger partial charge in [-0.15, -0.1) is 0 Å². The molecule has 2 aromatic rings. The van der Waals surface area contributed by atoms with Crippen LogP contribution in [0.1, 0.15) is 18.1 Å². The Labute approximate surface area is 154 Å². The Balaban J connectivity index is 2.28. The smallest absolute Gasteiger partial charge is 0.308 e. The molecule has 0 saturated heterocycles. The summed E-state index contributed by atoms with van der Waals surface area (Å²) in [6.45, 7) is 1.85. The number of alkyl halides is 3. The number of nitrogens with zero attached hydrogens (tertiary/aromatic N) is 2. The van der Waals surface area contributed by atoms with Gasteiger partial charge in [-0.05, 0) is 42.5 Å². The molecule has 0 fully saturated rings. The van der Waals surface area contributed by atoms with Gasteiger partial charge in [0, 0.05) is 23.2 Å². The van der Waals surface area contributed by atoms with Gasteiger partial charge in [-0.25, -0.2) is 4.79 Å². The SMILES string of the molecule is CC(S)CN(C(=O)Nc1ccc(C#N)cc1)c1cccc(C(F)(F)F)c1. The van der Waals surface area contributed by atoms with Gasteiger partial charge in [-0.3, -0.25) is 4.90 Å². The van der Waals surface area contributed by atoms with Crippen molar-refractivity contribution in [2.45, 2.75) is 18.3 Å². The van der Waals surface area contributed by atoms with E-state index in [4.69, 9.17) is 5.26 Å². The summed E-state index contributed by atoms with van der Waals surface area (Å²) < 4.78 is 38.9. The number of hydrogen-bond donors (Lipinski definition) is 2. The number of rotatable bonds is 4. The van der Waals surface area contributed by atoms with Crippen molar-refractivity contribution < 1.29 is 18.0 Å². The molecule has 8 heteroatoms. The molecule has 0 radical (unpaired) electrons. The van der Waals surface area contributed by atoms with Crippen LogP contribution in [0.15, 0.2) is 48.5 Å². The summed E-state index contributed by atoms with van der Waals surface area (Å²) in [5.41, 5.74) is 0.143. The largest absolute Gasteiger partial charge is 0.416 e. The minimum absolute atomic E-state index is 0.117. The Hall–Kier alpha value is -2.66. The van der Waals surface area contributed by atoms with Gasteiger partial charge in [-0.1, -0.05) is 13.0 Å². The molecule has 0 aliphatic rings. The minimum Gasteiger partial charge on any atom is -0.308 e. The third-order valence-corrected chi connectivity index (χ3v) is 3.61. The lowest BCUT2D eigenvalue weighted by Crippen LogP contribution is -2.38. The second-order valence-electron chi connectivity index (χ2n) is 5.63. The van der Waals surface area contributed by atoms with Gasteiger partial charge in [0.2, 0.25) is 0 Å². The van der Waals surface area contributed by atoms with Crippen molar-refractivity contribution in [2.24, 2.45) is 0 Å². The molecule has 2 rings (SSSR count). The lowest BCUT2D eigenvalue weighted by Gasteiger charge is -2.25. The highest BCUT2D eigenvalue weighted by Crippen LogP contribution is 2.32. The molecule has 4 nitrogen and oxygen atoms in total. The molecule has 1 atom stereocenters. The van der Waals surface area contributed by atoms with Crippen LogP contribution >= 0.6 is 12.6 Å². The molecular formula is C18H16F3N3OS. The highest BCUT2D eigenvalue weighted by molar-refractivity contribution is 7.81. The fourth-order valence-corrected chi connectivity index (χ4v) is 2.40. The number of carbonyl (C=O) groups excluding carboxylic acids is 1. The third-order valence-electron chi connectivity index (χ3n) is 3.44. The first-order valence-electron chi connectivity index (χ1n) is 7.64. The Kier molecular flexibility index (Phi) is 6.16. The van der Waals surface area contributed by atoms with E-state index in [9.17, 15) is 18.0 Å². The average molecular weight is 379 g/mol. The molecular weight excluding hydrogens is 363 g/mol. The molecule has 2 aromatic carbocycles. The number of benzene rings is 2. The van der Waals surface area contributed by atoms with Crippen LogP contribution in [0.2, 0.25) is 0 Å². The van der Waals surface area contributed by atoms with Crippen LogP contribution in [-0.2, 0) is 6.18 Å². The summed E-state index contributed by atoms with van der Waals surface area (Å²) in [4.78, 5) is 13.8. The number of nitriles is 1. The van der Waals surface area contributed by atoms with E-state index in [1.165, 1.54) is 29.2 Å². The van der Waals surface area contributed by atoms with Crippen LogP contribution in [0, 0.1) is 11.3 Å². The van der Waals surface area contributed by atoms with E-state index >= 15 is 0 Å². The molecule has 26 heavy (non-hydrogen) atoms. The van der Waals surface area contributed by atoms with Crippen molar-refractivity contribution in [1.82, 2.24) is 0 Å². The maximum absolute atomic E-state index is 13.0. The van der Waals surface area contributed by atoms with Gasteiger partial charge in [0.05, 0.1) is 17.2 Å². The first-order valence-corrected chi connectivity index (χ1v) is 8.16. The van der Waals surface area contributed by atoms with E-state index in [-0.39, 0.29) is 17.5 Å².